The van der Waals surface area contributed by atoms with Crippen molar-refractivity contribution >= 4 is 22.4 Å². The minimum absolute atomic E-state index is 0. The van der Waals surface area contributed by atoms with Crippen molar-refractivity contribution in [2.75, 3.05) is 33.4 Å². The Bertz CT molecular complexity index is 675. The number of nitrogens with one attached hydrogen (secondary N) is 2. The van der Waals surface area contributed by atoms with Crippen LogP contribution < -0.4 is 10.0 Å². The van der Waals surface area contributed by atoms with Crippen molar-refractivity contribution in [3.8, 4) is 6.07 Å². The Balaban J connectivity index is 0.00000529. The second-order valence-corrected chi connectivity index (χ2v) is 6.22. The molecular weight excluding hydrogens is 371 g/mol. The van der Waals surface area contributed by atoms with Crippen molar-refractivity contribution in [1.29, 1.82) is 5.26 Å². The van der Waals surface area contributed by atoms with E-state index in [1.807, 2.05) is 0 Å². The van der Waals surface area contributed by atoms with Crippen LogP contribution in [0.25, 0.3) is 0 Å². The predicted octanol–water partition coefficient (Wildman–Crippen LogP) is 1.51. The molecule has 11 heteroatoms. The quantitative estimate of drug-likeness (QED) is 0.660. The Kier molecular flexibility index (Phi) is 9.24. The van der Waals surface area contributed by atoms with E-state index in [1.54, 1.807) is 0 Å². The Morgan fingerprint density at radius 2 is 1.92 bits per heavy atom. The highest BCUT2D eigenvalue weighted by molar-refractivity contribution is 7.89. The van der Waals surface area contributed by atoms with E-state index < -0.39 is 32.2 Å². The number of ether oxygens (including phenoxy) is 1. The molecule has 1 rings (SSSR count). The zero-order valence-corrected chi connectivity index (χ0v) is 14.3. The summed E-state index contributed by atoms with van der Waals surface area (Å²) in [7, 11) is -2.57. The third-order valence-corrected chi connectivity index (χ3v) is 4.26. The van der Waals surface area contributed by atoms with Crippen molar-refractivity contribution < 1.29 is 26.3 Å². The first-order chi connectivity index (χ1) is 10.7. The van der Waals surface area contributed by atoms with Gasteiger partial charge in [-0.1, -0.05) is 0 Å². The van der Waals surface area contributed by atoms with E-state index in [4.69, 9.17) is 10.00 Å². The number of nitrogens with zero attached hydrogens (tertiary/aromatic N) is 1. The lowest BCUT2D eigenvalue weighted by Crippen LogP contribution is -2.33. The molecule has 2 N–H and O–H groups in total. The number of rotatable bonds is 8. The van der Waals surface area contributed by atoms with E-state index >= 15 is 0 Å². The Labute approximate surface area is 144 Å². The Morgan fingerprint density at radius 1 is 1.25 bits per heavy atom. The first-order valence-electron chi connectivity index (χ1n) is 6.53. The first-order valence-corrected chi connectivity index (χ1v) is 8.01. The fourth-order valence-corrected chi connectivity index (χ4v) is 2.74. The molecule has 0 spiro atoms. The van der Waals surface area contributed by atoms with Crippen LogP contribution in [0.5, 0.6) is 0 Å². The molecule has 0 atom stereocenters. The van der Waals surface area contributed by atoms with Crippen LogP contribution in [0.15, 0.2) is 23.1 Å². The molecule has 0 aliphatic rings. The Hall–Kier alpha value is -1.38. The number of nitriles is 1. The van der Waals surface area contributed by atoms with Crippen LogP contribution in [0.2, 0.25) is 0 Å². The number of alkyl halides is 3. The lowest BCUT2D eigenvalue weighted by Gasteiger charge is -2.12. The molecule has 0 unspecified atom stereocenters. The summed E-state index contributed by atoms with van der Waals surface area (Å²) in [6, 6.07) is 3.66. The van der Waals surface area contributed by atoms with Crippen molar-refractivity contribution in [3.63, 3.8) is 0 Å². The molecule has 0 saturated heterocycles. The van der Waals surface area contributed by atoms with Gasteiger partial charge in [0.05, 0.1) is 28.7 Å². The van der Waals surface area contributed by atoms with Crippen molar-refractivity contribution in [2.24, 2.45) is 0 Å². The van der Waals surface area contributed by atoms with Gasteiger partial charge in [0, 0.05) is 26.7 Å². The average molecular weight is 388 g/mol. The van der Waals surface area contributed by atoms with Crippen LogP contribution in [-0.2, 0) is 20.9 Å². The standard InChI is InChI=1S/C13H16F3N3O3S.ClH/c1-22-7-6-18-4-5-19-23(20,21)11-3-2-10(9-17)12(8-11)13(14,15)16;/h2-3,8,18-19H,4-7H2,1H3;1H. The SMILES string of the molecule is COCCNCCNS(=O)(=O)c1ccc(C#N)c(C(F)(F)F)c1.Cl. The van der Waals surface area contributed by atoms with Gasteiger partial charge < -0.3 is 10.1 Å². The number of hydrogen-bond donors (Lipinski definition) is 2. The van der Waals surface area contributed by atoms with Crippen LogP contribution in [0.3, 0.4) is 0 Å². The van der Waals surface area contributed by atoms with Gasteiger partial charge in [-0.3, -0.25) is 0 Å². The van der Waals surface area contributed by atoms with Crippen LogP contribution in [0.4, 0.5) is 13.2 Å². The van der Waals surface area contributed by atoms with Gasteiger partial charge in [0.15, 0.2) is 0 Å². The molecule has 136 valence electrons. The van der Waals surface area contributed by atoms with E-state index in [-0.39, 0.29) is 19.0 Å². The van der Waals surface area contributed by atoms with Gasteiger partial charge in [-0.2, -0.15) is 18.4 Å². The summed E-state index contributed by atoms with van der Waals surface area (Å²) in [5, 5.41) is 11.6. The highest BCUT2D eigenvalue weighted by Crippen LogP contribution is 2.33. The third-order valence-electron chi connectivity index (χ3n) is 2.80. The second-order valence-electron chi connectivity index (χ2n) is 4.46. The molecule has 0 bridgehead atoms. The summed E-state index contributed by atoms with van der Waals surface area (Å²) in [5.74, 6) is 0. The summed E-state index contributed by atoms with van der Waals surface area (Å²) < 4.78 is 69.5. The predicted molar refractivity (Wildman–Crippen MR) is 83.3 cm³/mol. The van der Waals surface area contributed by atoms with Gasteiger partial charge in [-0.15, -0.1) is 12.4 Å². The maximum Gasteiger partial charge on any atom is 0.417 e. The number of sulfonamides is 1. The normalized spacial score (nSPS) is 11.6. The lowest BCUT2D eigenvalue weighted by atomic mass is 10.1. The van der Waals surface area contributed by atoms with Crippen molar-refractivity contribution in [3.05, 3.63) is 29.3 Å². The summed E-state index contributed by atoms with van der Waals surface area (Å²) in [4.78, 5) is -0.541. The van der Waals surface area contributed by atoms with Gasteiger partial charge in [0.2, 0.25) is 10.0 Å². The zero-order chi connectivity index (χ0) is 17.5. The smallest absolute Gasteiger partial charge is 0.383 e. The molecule has 0 aliphatic heterocycles. The number of hydrogen-bond acceptors (Lipinski definition) is 5. The molecule has 24 heavy (non-hydrogen) atoms. The molecule has 0 aliphatic carbocycles. The summed E-state index contributed by atoms with van der Waals surface area (Å²) >= 11 is 0. The molecule has 1 aromatic carbocycles. The monoisotopic (exact) mass is 387 g/mol. The number of halogens is 4. The van der Waals surface area contributed by atoms with E-state index in [2.05, 4.69) is 10.0 Å². The largest absolute Gasteiger partial charge is 0.417 e. The van der Waals surface area contributed by atoms with Crippen LogP contribution in [-0.4, -0.2) is 41.8 Å². The molecule has 0 amide bonds. The maximum absolute atomic E-state index is 12.8. The summed E-state index contributed by atoms with van der Waals surface area (Å²) in [5.41, 5.74) is -1.90. The van der Waals surface area contributed by atoms with E-state index in [0.717, 1.165) is 12.1 Å². The van der Waals surface area contributed by atoms with Crippen LogP contribution >= 0.6 is 12.4 Å². The highest BCUT2D eigenvalue weighted by atomic mass is 35.5. The van der Waals surface area contributed by atoms with Gasteiger partial charge in [0.1, 0.15) is 0 Å². The molecule has 6 nitrogen and oxygen atoms in total. The van der Waals surface area contributed by atoms with Crippen LogP contribution in [0.1, 0.15) is 11.1 Å². The fraction of sp³-hybridized carbons (Fsp3) is 0.462. The van der Waals surface area contributed by atoms with Crippen molar-refractivity contribution in [1.82, 2.24) is 10.0 Å². The van der Waals surface area contributed by atoms with E-state index in [1.165, 1.54) is 13.2 Å². The molecule has 0 saturated carbocycles. The van der Waals surface area contributed by atoms with E-state index in [9.17, 15) is 21.6 Å². The van der Waals surface area contributed by atoms with Crippen LogP contribution in [0, 0.1) is 11.3 Å². The highest BCUT2D eigenvalue weighted by Gasteiger charge is 2.34. The average Bonchev–Trinajstić information content (AvgIpc) is 2.49. The van der Waals surface area contributed by atoms with Gasteiger partial charge in [-0.25, -0.2) is 13.1 Å². The summed E-state index contributed by atoms with van der Waals surface area (Å²) in [6.45, 7) is 1.28. The zero-order valence-electron chi connectivity index (χ0n) is 12.7. The van der Waals surface area contributed by atoms with Crippen molar-refractivity contribution in [2.45, 2.75) is 11.1 Å². The number of methoxy groups -OCH3 is 1. The third kappa shape index (κ3) is 6.62. The second kappa shape index (κ2) is 9.80. The molecule has 0 fully saturated rings. The lowest BCUT2D eigenvalue weighted by molar-refractivity contribution is -0.137. The van der Waals surface area contributed by atoms with E-state index in [0.29, 0.717) is 25.8 Å². The molecule has 1 aromatic rings. The minimum Gasteiger partial charge on any atom is -0.383 e. The minimum atomic E-state index is -4.81. The number of benzene rings is 1. The Morgan fingerprint density at radius 3 is 2.46 bits per heavy atom. The summed E-state index contributed by atoms with van der Waals surface area (Å²) in [6.07, 6.45) is -4.81. The molecule has 0 heterocycles. The molecular formula is C13H17ClF3N3O3S. The molecule has 0 radical (unpaired) electrons. The van der Waals surface area contributed by atoms with Gasteiger partial charge in [-0.05, 0) is 18.2 Å². The van der Waals surface area contributed by atoms with Gasteiger partial charge >= 0.3 is 6.18 Å². The topological polar surface area (TPSA) is 91.2 Å². The maximum atomic E-state index is 12.8. The first kappa shape index (κ1) is 22.6. The van der Waals surface area contributed by atoms with Gasteiger partial charge in [0.25, 0.3) is 0 Å². The molecule has 0 aromatic heterocycles. The fourth-order valence-electron chi connectivity index (χ4n) is 1.68.